The Hall–Kier alpha value is -2.88. The van der Waals surface area contributed by atoms with Gasteiger partial charge in [-0.3, -0.25) is 10.2 Å². The smallest absolute Gasteiger partial charge is 0.269 e. The van der Waals surface area contributed by atoms with Crippen molar-refractivity contribution >= 4 is 22.9 Å². The van der Waals surface area contributed by atoms with Crippen molar-refractivity contribution in [2.24, 2.45) is 0 Å². The van der Waals surface area contributed by atoms with Gasteiger partial charge in [-0.1, -0.05) is 42.5 Å². The molecule has 0 saturated heterocycles. The van der Waals surface area contributed by atoms with Crippen molar-refractivity contribution in [3.05, 3.63) is 71.8 Å². The number of allylic oxidation sites excluding steroid dienone is 1. The highest BCUT2D eigenvalue weighted by molar-refractivity contribution is 6.43. The van der Waals surface area contributed by atoms with E-state index in [9.17, 15) is 4.79 Å². The summed E-state index contributed by atoms with van der Waals surface area (Å²) in [4.78, 5) is 12.0. The predicted octanol–water partition coefficient (Wildman–Crippen LogP) is 3.05. The summed E-state index contributed by atoms with van der Waals surface area (Å²) >= 11 is 0. The SMILES string of the molecule is C/C(=C\C(=N)C(=O)NCCc1ccc(N)cc1)c1ccccc1. The van der Waals surface area contributed by atoms with Crippen LogP contribution >= 0.6 is 0 Å². The van der Waals surface area contributed by atoms with Crippen LogP contribution in [0, 0.1) is 5.41 Å². The topological polar surface area (TPSA) is 79.0 Å². The number of hydrogen-bond acceptors (Lipinski definition) is 3. The van der Waals surface area contributed by atoms with E-state index in [0.29, 0.717) is 13.0 Å². The fourth-order valence-corrected chi connectivity index (χ4v) is 2.17. The Morgan fingerprint density at radius 2 is 1.78 bits per heavy atom. The van der Waals surface area contributed by atoms with Crippen LogP contribution in [0.2, 0.25) is 0 Å². The molecule has 23 heavy (non-hydrogen) atoms. The number of anilines is 1. The third kappa shape index (κ3) is 5.11. The molecule has 0 fully saturated rings. The Kier molecular flexibility index (Phi) is 5.69. The molecule has 0 spiro atoms. The highest BCUT2D eigenvalue weighted by atomic mass is 16.1. The predicted molar refractivity (Wildman–Crippen MR) is 95.4 cm³/mol. The standard InChI is InChI=1S/C19H21N3O/c1-14(16-5-3-2-4-6-16)13-18(21)19(23)22-12-11-15-7-9-17(20)10-8-15/h2-10,13,21H,11-12,20H2,1H3,(H,22,23)/b14-13+,21-18?. The Bertz CT molecular complexity index is 703. The van der Waals surface area contributed by atoms with Crippen molar-refractivity contribution in [2.75, 3.05) is 12.3 Å². The first-order valence-electron chi connectivity index (χ1n) is 7.51. The lowest BCUT2D eigenvalue weighted by Gasteiger charge is -2.06. The van der Waals surface area contributed by atoms with Gasteiger partial charge in [0.15, 0.2) is 0 Å². The molecule has 0 bridgehead atoms. The van der Waals surface area contributed by atoms with Gasteiger partial charge in [0.2, 0.25) is 0 Å². The van der Waals surface area contributed by atoms with E-state index in [4.69, 9.17) is 11.1 Å². The van der Waals surface area contributed by atoms with E-state index >= 15 is 0 Å². The average Bonchev–Trinajstić information content (AvgIpc) is 2.57. The highest BCUT2D eigenvalue weighted by Gasteiger charge is 2.07. The van der Waals surface area contributed by atoms with Crippen LogP contribution in [0.15, 0.2) is 60.7 Å². The summed E-state index contributed by atoms with van der Waals surface area (Å²) < 4.78 is 0. The fraction of sp³-hybridized carbons (Fsp3) is 0.158. The zero-order valence-electron chi connectivity index (χ0n) is 13.2. The van der Waals surface area contributed by atoms with E-state index in [0.717, 1.165) is 22.4 Å². The second-order valence-corrected chi connectivity index (χ2v) is 5.35. The third-order valence-electron chi connectivity index (χ3n) is 3.51. The van der Waals surface area contributed by atoms with Gasteiger partial charge in [0, 0.05) is 12.2 Å². The maximum atomic E-state index is 12.0. The van der Waals surface area contributed by atoms with E-state index in [1.807, 2.05) is 61.5 Å². The zero-order chi connectivity index (χ0) is 16.7. The van der Waals surface area contributed by atoms with Crippen LogP contribution in [0.5, 0.6) is 0 Å². The number of benzene rings is 2. The lowest BCUT2D eigenvalue weighted by atomic mass is 10.1. The van der Waals surface area contributed by atoms with Crippen molar-refractivity contribution in [1.29, 1.82) is 5.41 Å². The maximum absolute atomic E-state index is 12.0. The van der Waals surface area contributed by atoms with Crippen molar-refractivity contribution in [3.63, 3.8) is 0 Å². The Morgan fingerprint density at radius 3 is 2.43 bits per heavy atom. The molecular weight excluding hydrogens is 286 g/mol. The van der Waals surface area contributed by atoms with Crippen LogP contribution in [-0.2, 0) is 11.2 Å². The second-order valence-electron chi connectivity index (χ2n) is 5.35. The molecular formula is C19H21N3O. The lowest BCUT2D eigenvalue weighted by molar-refractivity contribution is -0.114. The van der Waals surface area contributed by atoms with Gasteiger partial charge in [-0.2, -0.15) is 0 Å². The molecule has 2 rings (SSSR count). The summed E-state index contributed by atoms with van der Waals surface area (Å²) in [6.45, 7) is 2.38. The molecule has 0 saturated carbocycles. The average molecular weight is 307 g/mol. The van der Waals surface area contributed by atoms with Crippen LogP contribution in [0.25, 0.3) is 5.57 Å². The molecule has 4 N–H and O–H groups in total. The summed E-state index contributed by atoms with van der Waals surface area (Å²) in [5, 5.41) is 10.6. The summed E-state index contributed by atoms with van der Waals surface area (Å²) in [6.07, 6.45) is 2.30. The molecule has 4 heteroatoms. The molecule has 0 aliphatic rings. The Balaban J connectivity index is 1.85. The minimum atomic E-state index is -0.365. The molecule has 2 aromatic carbocycles. The molecule has 0 aliphatic carbocycles. The number of nitrogen functional groups attached to an aromatic ring is 1. The second kappa shape index (κ2) is 7.94. The highest BCUT2D eigenvalue weighted by Crippen LogP contribution is 2.12. The molecule has 1 amide bonds. The summed E-state index contributed by atoms with van der Waals surface area (Å²) in [5.41, 5.74) is 9.32. The van der Waals surface area contributed by atoms with Crippen molar-refractivity contribution in [1.82, 2.24) is 5.32 Å². The largest absolute Gasteiger partial charge is 0.399 e. The minimum Gasteiger partial charge on any atom is -0.399 e. The minimum absolute atomic E-state index is 0.0383. The number of rotatable bonds is 6. The Labute approximate surface area is 136 Å². The van der Waals surface area contributed by atoms with Crippen LogP contribution in [0.1, 0.15) is 18.1 Å². The first kappa shape index (κ1) is 16.5. The molecule has 118 valence electrons. The number of amides is 1. The molecule has 2 aromatic rings. The number of carbonyl (C=O) groups is 1. The number of hydrogen-bond donors (Lipinski definition) is 3. The Morgan fingerprint density at radius 1 is 1.13 bits per heavy atom. The molecule has 4 nitrogen and oxygen atoms in total. The zero-order valence-corrected chi connectivity index (χ0v) is 13.2. The van der Waals surface area contributed by atoms with Gasteiger partial charge in [-0.25, -0.2) is 0 Å². The molecule has 0 aromatic heterocycles. The molecule has 0 radical (unpaired) electrons. The monoisotopic (exact) mass is 307 g/mol. The molecule has 0 aliphatic heterocycles. The fourth-order valence-electron chi connectivity index (χ4n) is 2.17. The van der Waals surface area contributed by atoms with Gasteiger partial charge in [-0.15, -0.1) is 0 Å². The van der Waals surface area contributed by atoms with Crippen LogP contribution in [-0.4, -0.2) is 18.2 Å². The van der Waals surface area contributed by atoms with Gasteiger partial charge in [0.1, 0.15) is 5.71 Å². The van der Waals surface area contributed by atoms with Crippen LogP contribution in [0.4, 0.5) is 5.69 Å². The van der Waals surface area contributed by atoms with E-state index in [1.54, 1.807) is 6.08 Å². The van der Waals surface area contributed by atoms with E-state index < -0.39 is 0 Å². The van der Waals surface area contributed by atoms with E-state index in [1.165, 1.54) is 0 Å². The summed E-state index contributed by atoms with van der Waals surface area (Å²) in [6, 6.07) is 17.3. The van der Waals surface area contributed by atoms with Crippen molar-refractivity contribution < 1.29 is 4.79 Å². The number of carbonyl (C=O) groups excluding carboxylic acids is 1. The van der Waals surface area contributed by atoms with Gasteiger partial charge >= 0.3 is 0 Å². The third-order valence-corrected chi connectivity index (χ3v) is 3.51. The summed E-state index contributed by atoms with van der Waals surface area (Å²) in [7, 11) is 0. The van der Waals surface area contributed by atoms with Gasteiger partial charge in [0.05, 0.1) is 0 Å². The molecule has 0 atom stereocenters. The lowest BCUT2D eigenvalue weighted by Crippen LogP contribution is -2.31. The van der Waals surface area contributed by atoms with Crippen LogP contribution in [0.3, 0.4) is 0 Å². The van der Waals surface area contributed by atoms with Gasteiger partial charge in [-0.05, 0) is 48.3 Å². The number of nitrogens with two attached hydrogens (primary N) is 1. The van der Waals surface area contributed by atoms with E-state index in [2.05, 4.69) is 5.32 Å². The normalized spacial score (nSPS) is 11.1. The maximum Gasteiger partial charge on any atom is 0.269 e. The first-order chi connectivity index (χ1) is 11.1. The van der Waals surface area contributed by atoms with E-state index in [-0.39, 0.29) is 11.6 Å². The number of nitrogens with one attached hydrogen (secondary N) is 2. The van der Waals surface area contributed by atoms with Crippen molar-refractivity contribution in [2.45, 2.75) is 13.3 Å². The van der Waals surface area contributed by atoms with Gasteiger partial charge in [0.25, 0.3) is 5.91 Å². The van der Waals surface area contributed by atoms with Gasteiger partial charge < -0.3 is 11.1 Å². The van der Waals surface area contributed by atoms with Crippen LogP contribution < -0.4 is 11.1 Å². The first-order valence-corrected chi connectivity index (χ1v) is 7.51. The van der Waals surface area contributed by atoms with Crippen molar-refractivity contribution in [3.8, 4) is 0 Å². The quantitative estimate of drug-likeness (QED) is 0.566. The summed E-state index contributed by atoms with van der Waals surface area (Å²) in [5.74, 6) is -0.365. The molecule has 0 heterocycles. The molecule has 0 unspecified atom stereocenters.